The zero-order valence-corrected chi connectivity index (χ0v) is 20.5. The van der Waals surface area contributed by atoms with Crippen molar-refractivity contribution in [3.63, 3.8) is 0 Å². The standard InChI is InChI=1S/C28H23N3O4S/c1-3-23(25(32)31-28-30-22(16-36-28)18-14-12-17(2)13-15-18)35-27(33)20-9-5-4-8-19(20)26-29-21-10-6-7-11-24(21)34-26/h4-16,23H,3H2,1-2H3,(H,30,31,32). The smallest absolute Gasteiger partial charge is 0.339 e. The topological polar surface area (TPSA) is 94.3 Å². The molecule has 0 aliphatic carbocycles. The first-order chi connectivity index (χ1) is 17.5. The molecule has 0 radical (unpaired) electrons. The maximum absolute atomic E-state index is 13.1. The SMILES string of the molecule is CCC(OC(=O)c1ccccc1-c1nc2ccccc2o1)C(=O)Nc1nc(-c2ccc(C)cc2)cs1. The number of carbonyl (C=O) groups excluding carboxylic acids is 2. The summed E-state index contributed by atoms with van der Waals surface area (Å²) in [6, 6.07) is 22.3. The molecule has 0 aliphatic rings. The number of ether oxygens (including phenoxy) is 1. The fourth-order valence-electron chi connectivity index (χ4n) is 3.72. The lowest BCUT2D eigenvalue weighted by atomic mass is 10.1. The van der Waals surface area contributed by atoms with Crippen LogP contribution in [-0.4, -0.2) is 27.9 Å². The molecule has 0 fully saturated rings. The molecular formula is C28H23N3O4S. The highest BCUT2D eigenvalue weighted by Crippen LogP contribution is 2.28. The van der Waals surface area contributed by atoms with Gasteiger partial charge in [-0.15, -0.1) is 11.3 Å². The van der Waals surface area contributed by atoms with Crippen LogP contribution in [0.2, 0.25) is 0 Å². The third-order valence-electron chi connectivity index (χ3n) is 5.67. The quantitative estimate of drug-likeness (QED) is 0.258. The predicted molar refractivity (Wildman–Crippen MR) is 140 cm³/mol. The molecule has 0 saturated heterocycles. The van der Waals surface area contributed by atoms with Crippen LogP contribution in [0.25, 0.3) is 33.8 Å². The number of benzene rings is 3. The maximum atomic E-state index is 13.1. The van der Waals surface area contributed by atoms with Crippen LogP contribution in [0.3, 0.4) is 0 Å². The minimum Gasteiger partial charge on any atom is -0.449 e. The fraction of sp³-hybridized carbons (Fsp3) is 0.143. The van der Waals surface area contributed by atoms with Crippen molar-refractivity contribution in [2.24, 2.45) is 0 Å². The van der Waals surface area contributed by atoms with Gasteiger partial charge in [0.1, 0.15) is 5.52 Å². The molecule has 1 amide bonds. The second kappa shape index (κ2) is 10.1. The number of aryl methyl sites for hydroxylation is 1. The molecule has 36 heavy (non-hydrogen) atoms. The lowest BCUT2D eigenvalue weighted by Crippen LogP contribution is -2.32. The van der Waals surface area contributed by atoms with Crippen LogP contribution in [0, 0.1) is 6.92 Å². The molecule has 2 heterocycles. The number of oxazole rings is 1. The monoisotopic (exact) mass is 497 g/mol. The molecule has 2 aromatic heterocycles. The Bertz CT molecular complexity index is 1510. The number of carbonyl (C=O) groups is 2. The van der Waals surface area contributed by atoms with Crippen molar-refractivity contribution in [3.05, 3.63) is 89.3 Å². The van der Waals surface area contributed by atoms with Crippen LogP contribution in [-0.2, 0) is 9.53 Å². The van der Waals surface area contributed by atoms with Crippen molar-refractivity contribution < 1.29 is 18.7 Å². The van der Waals surface area contributed by atoms with E-state index >= 15 is 0 Å². The van der Waals surface area contributed by atoms with Crippen molar-refractivity contribution >= 4 is 39.4 Å². The second-order valence-electron chi connectivity index (χ2n) is 8.23. The average molecular weight is 498 g/mol. The summed E-state index contributed by atoms with van der Waals surface area (Å²) >= 11 is 1.32. The zero-order valence-electron chi connectivity index (χ0n) is 19.7. The van der Waals surface area contributed by atoms with Gasteiger partial charge in [0.05, 0.1) is 16.8 Å². The second-order valence-corrected chi connectivity index (χ2v) is 9.09. The largest absolute Gasteiger partial charge is 0.449 e. The minimum absolute atomic E-state index is 0.270. The number of rotatable bonds is 7. The van der Waals surface area contributed by atoms with Gasteiger partial charge in [-0.25, -0.2) is 14.8 Å². The van der Waals surface area contributed by atoms with E-state index in [4.69, 9.17) is 9.15 Å². The lowest BCUT2D eigenvalue weighted by Gasteiger charge is -2.16. The summed E-state index contributed by atoms with van der Waals surface area (Å²) in [5, 5.41) is 5.10. The summed E-state index contributed by atoms with van der Waals surface area (Å²) in [5.41, 5.74) is 4.97. The van der Waals surface area contributed by atoms with Gasteiger partial charge >= 0.3 is 5.97 Å². The van der Waals surface area contributed by atoms with Gasteiger partial charge in [-0.05, 0) is 37.6 Å². The summed E-state index contributed by atoms with van der Waals surface area (Å²) in [5.74, 6) is -0.753. The van der Waals surface area contributed by atoms with Gasteiger partial charge in [-0.2, -0.15) is 0 Å². The fourth-order valence-corrected chi connectivity index (χ4v) is 4.45. The molecule has 5 rings (SSSR count). The molecule has 0 spiro atoms. The highest BCUT2D eigenvalue weighted by Gasteiger charge is 2.25. The van der Waals surface area contributed by atoms with Crippen LogP contribution in [0.4, 0.5) is 5.13 Å². The van der Waals surface area contributed by atoms with Gasteiger partial charge in [-0.1, -0.05) is 61.0 Å². The van der Waals surface area contributed by atoms with Crippen LogP contribution >= 0.6 is 11.3 Å². The highest BCUT2D eigenvalue weighted by atomic mass is 32.1. The number of aromatic nitrogens is 2. The number of hydrogen-bond donors (Lipinski definition) is 1. The Morgan fingerprint density at radius 3 is 2.53 bits per heavy atom. The Hall–Kier alpha value is -4.30. The number of nitrogens with zero attached hydrogens (tertiary/aromatic N) is 2. The van der Waals surface area contributed by atoms with E-state index in [0.717, 1.165) is 16.8 Å². The van der Waals surface area contributed by atoms with E-state index in [9.17, 15) is 9.59 Å². The summed E-state index contributed by atoms with van der Waals surface area (Å²) in [4.78, 5) is 35.0. The summed E-state index contributed by atoms with van der Waals surface area (Å²) in [6.07, 6.45) is -0.681. The number of nitrogens with one attached hydrogen (secondary N) is 1. The van der Waals surface area contributed by atoms with Crippen molar-refractivity contribution in [2.75, 3.05) is 5.32 Å². The number of hydrogen-bond acceptors (Lipinski definition) is 7. The van der Waals surface area contributed by atoms with Gasteiger partial charge in [0.25, 0.3) is 5.91 Å². The van der Waals surface area contributed by atoms with Crippen LogP contribution in [0.15, 0.2) is 82.6 Å². The van der Waals surface area contributed by atoms with Gasteiger partial charge < -0.3 is 9.15 Å². The number of para-hydroxylation sites is 2. The molecule has 0 saturated carbocycles. The van der Waals surface area contributed by atoms with E-state index in [0.29, 0.717) is 34.1 Å². The van der Waals surface area contributed by atoms with Gasteiger partial charge in [0.2, 0.25) is 5.89 Å². The molecule has 3 aromatic carbocycles. The molecule has 1 unspecified atom stereocenters. The van der Waals surface area contributed by atoms with E-state index in [1.54, 1.807) is 31.2 Å². The molecule has 7 nitrogen and oxygen atoms in total. The Labute approximate surface area is 211 Å². The minimum atomic E-state index is -0.985. The van der Waals surface area contributed by atoms with Gasteiger partial charge in [0.15, 0.2) is 16.8 Å². The van der Waals surface area contributed by atoms with E-state index in [-0.39, 0.29) is 5.56 Å². The van der Waals surface area contributed by atoms with Crippen molar-refractivity contribution in [3.8, 4) is 22.7 Å². The van der Waals surface area contributed by atoms with Crippen molar-refractivity contribution in [1.82, 2.24) is 9.97 Å². The molecular weight excluding hydrogens is 474 g/mol. The van der Waals surface area contributed by atoms with E-state index < -0.39 is 18.0 Å². The number of fused-ring (bicyclic) bond motifs is 1. The van der Waals surface area contributed by atoms with Crippen molar-refractivity contribution in [2.45, 2.75) is 26.4 Å². The maximum Gasteiger partial charge on any atom is 0.339 e. The zero-order chi connectivity index (χ0) is 25.1. The number of amides is 1. The molecule has 180 valence electrons. The van der Waals surface area contributed by atoms with Crippen LogP contribution in [0.5, 0.6) is 0 Å². The average Bonchev–Trinajstić information content (AvgIpc) is 3.54. The van der Waals surface area contributed by atoms with Gasteiger partial charge in [-0.3, -0.25) is 10.1 Å². The number of thiazole rings is 1. The number of anilines is 1. The molecule has 5 aromatic rings. The molecule has 0 aliphatic heterocycles. The first-order valence-electron chi connectivity index (χ1n) is 11.5. The van der Waals surface area contributed by atoms with E-state index in [1.165, 1.54) is 11.3 Å². The highest BCUT2D eigenvalue weighted by molar-refractivity contribution is 7.14. The van der Waals surface area contributed by atoms with Crippen LogP contribution in [0.1, 0.15) is 29.3 Å². The lowest BCUT2D eigenvalue weighted by molar-refractivity contribution is -0.124. The molecule has 8 heteroatoms. The predicted octanol–water partition coefficient (Wildman–Crippen LogP) is 6.50. The number of esters is 1. The Kier molecular flexibility index (Phi) is 6.60. The van der Waals surface area contributed by atoms with Crippen LogP contribution < -0.4 is 5.32 Å². The third kappa shape index (κ3) is 4.89. The summed E-state index contributed by atoms with van der Waals surface area (Å²) in [7, 11) is 0. The Morgan fingerprint density at radius 2 is 1.75 bits per heavy atom. The summed E-state index contributed by atoms with van der Waals surface area (Å²) in [6.45, 7) is 3.80. The first-order valence-corrected chi connectivity index (χ1v) is 12.4. The van der Waals surface area contributed by atoms with Gasteiger partial charge in [0, 0.05) is 10.9 Å². The molecule has 1 atom stereocenters. The third-order valence-corrected chi connectivity index (χ3v) is 6.42. The molecule has 0 bridgehead atoms. The Morgan fingerprint density at radius 1 is 1.00 bits per heavy atom. The Balaban J connectivity index is 1.31. The van der Waals surface area contributed by atoms with Crippen molar-refractivity contribution in [1.29, 1.82) is 0 Å². The molecule has 1 N–H and O–H groups in total. The summed E-state index contributed by atoms with van der Waals surface area (Å²) < 4.78 is 11.5. The first kappa shape index (κ1) is 23.4. The van der Waals surface area contributed by atoms with E-state index in [2.05, 4.69) is 15.3 Å². The normalized spacial score (nSPS) is 11.8. The van der Waals surface area contributed by atoms with E-state index in [1.807, 2.05) is 60.8 Å².